The molecule has 31 heavy (non-hydrogen) atoms. The van der Waals surface area contributed by atoms with E-state index in [9.17, 15) is 18.8 Å². The van der Waals surface area contributed by atoms with Crippen LogP contribution in [-0.2, 0) is 16.2 Å². The number of nitrogens with one attached hydrogen (secondary N) is 1. The van der Waals surface area contributed by atoms with Gasteiger partial charge in [-0.3, -0.25) is 14.9 Å². The molecule has 4 rings (SSSR count). The molecule has 1 heterocycles. The third-order valence-corrected chi connectivity index (χ3v) is 4.61. The summed E-state index contributed by atoms with van der Waals surface area (Å²) in [7, 11) is 0. The number of benzene rings is 3. The van der Waals surface area contributed by atoms with Crippen LogP contribution in [-0.4, -0.2) is 17.8 Å². The van der Waals surface area contributed by atoms with Gasteiger partial charge in [0.15, 0.2) is 0 Å². The number of rotatable bonds is 5. The Morgan fingerprint density at radius 1 is 0.903 bits per heavy atom. The number of ether oxygens (including phenoxy) is 1. The normalized spacial score (nSPS) is 15.2. The van der Waals surface area contributed by atoms with Crippen LogP contribution in [0.4, 0.5) is 14.9 Å². The number of imide groups is 2. The Morgan fingerprint density at radius 2 is 1.65 bits per heavy atom. The number of halogens is 1. The minimum Gasteiger partial charge on any atom is -0.489 e. The van der Waals surface area contributed by atoms with Crippen LogP contribution in [0.15, 0.2) is 84.4 Å². The first-order valence-electron chi connectivity index (χ1n) is 9.46. The van der Waals surface area contributed by atoms with Crippen molar-refractivity contribution in [2.75, 3.05) is 4.90 Å². The number of carbonyl (C=O) groups excluding carboxylic acids is 3. The van der Waals surface area contributed by atoms with Crippen molar-refractivity contribution in [1.82, 2.24) is 5.32 Å². The van der Waals surface area contributed by atoms with Crippen LogP contribution in [0.3, 0.4) is 0 Å². The van der Waals surface area contributed by atoms with Crippen molar-refractivity contribution < 1.29 is 23.5 Å². The Morgan fingerprint density at radius 3 is 2.42 bits per heavy atom. The SMILES string of the molecule is O=C1NC(=O)N(c2ccccc2F)C(=O)C1=Cc1cccc(OCc2ccccc2)c1. The van der Waals surface area contributed by atoms with Crippen LogP contribution in [0.5, 0.6) is 5.75 Å². The summed E-state index contributed by atoms with van der Waals surface area (Å²) < 4.78 is 19.9. The zero-order chi connectivity index (χ0) is 21.8. The van der Waals surface area contributed by atoms with Gasteiger partial charge in [-0.15, -0.1) is 0 Å². The van der Waals surface area contributed by atoms with Crippen molar-refractivity contribution in [3.05, 3.63) is 101 Å². The van der Waals surface area contributed by atoms with Crippen molar-refractivity contribution in [3.8, 4) is 5.75 Å². The third-order valence-electron chi connectivity index (χ3n) is 4.61. The first kappa shape index (κ1) is 20.0. The molecule has 0 unspecified atom stereocenters. The van der Waals surface area contributed by atoms with Gasteiger partial charge in [-0.2, -0.15) is 0 Å². The van der Waals surface area contributed by atoms with Gasteiger partial charge >= 0.3 is 6.03 Å². The quantitative estimate of drug-likeness (QED) is 0.503. The molecule has 6 nitrogen and oxygen atoms in total. The summed E-state index contributed by atoms with van der Waals surface area (Å²) in [5, 5.41) is 2.08. The summed E-state index contributed by atoms with van der Waals surface area (Å²) in [6.45, 7) is 0.357. The van der Waals surface area contributed by atoms with E-state index in [4.69, 9.17) is 4.74 Å². The highest BCUT2D eigenvalue weighted by atomic mass is 19.1. The van der Waals surface area contributed by atoms with Gasteiger partial charge in [-0.05, 0) is 41.5 Å². The molecule has 0 radical (unpaired) electrons. The molecule has 3 aromatic carbocycles. The van der Waals surface area contributed by atoms with E-state index >= 15 is 0 Å². The molecule has 0 atom stereocenters. The molecular weight excluding hydrogens is 399 g/mol. The Labute approximate surface area is 177 Å². The molecule has 3 aromatic rings. The predicted molar refractivity (Wildman–Crippen MR) is 113 cm³/mol. The number of hydrogen-bond donors (Lipinski definition) is 1. The Kier molecular flexibility index (Phi) is 5.57. The van der Waals surface area contributed by atoms with E-state index in [1.54, 1.807) is 24.3 Å². The second-order valence-corrected chi connectivity index (χ2v) is 6.76. The highest BCUT2D eigenvalue weighted by Crippen LogP contribution is 2.25. The number of hydrogen-bond acceptors (Lipinski definition) is 4. The van der Waals surface area contributed by atoms with Crippen LogP contribution >= 0.6 is 0 Å². The van der Waals surface area contributed by atoms with Crippen LogP contribution < -0.4 is 15.0 Å². The number of para-hydroxylation sites is 1. The number of amides is 4. The number of barbiturate groups is 1. The molecule has 154 valence electrons. The fourth-order valence-corrected chi connectivity index (χ4v) is 3.11. The zero-order valence-electron chi connectivity index (χ0n) is 16.2. The molecule has 7 heteroatoms. The van der Waals surface area contributed by atoms with Gasteiger partial charge in [-0.1, -0.05) is 54.6 Å². The lowest BCUT2D eigenvalue weighted by Crippen LogP contribution is -2.54. The summed E-state index contributed by atoms with van der Waals surface area (Å²) in [6, 6.07) is 20.8. The summed E-state index contributed by atoms with van der Waals surface area (Å²) in [5.41, 5.74) is 0.991. The molecule has 1 saturated heterocycles. The standard InChI is InChI=1S/C24H17FN2O4/c25-20-11-4-5-12-21(20)27-23(29)19(22(28)26-24(27)30)14-17-9-6-10-18(13-17)31-15-16-7-2-1-3-8-16/h1-14H,15H2,(H,26,28,30). The third kappa shape index (κ3) is 4.35. The topological polar surface area (TPSA) is 75.7 Å². The second kappa shape index (κ2) is 8.62. The molecule has 0 saturated carbocycles. The number of anilines is 1. The Balaban J connectivity index is 1.60. The summed E-state index contributed by atoms with van der Waals surface area (Å²) in [6.07, 6.45) is 1.34. The van der Waals surface area contributed by atoms with Gasteiger partial charge in [0.25, 0.3) is 11.8 Å². The molecular formula is C24H17FN2O4. The second-order valence-electron chi connectivity index (χ2n) is 6.76. The number of urea groups is 1. The van der Waals surface area contributed by atoms with Gasteiger partial charge in [0.1, 0.15) is 23.7 Å². The highest BCUT2D eigenvalue weighted by Gasteiger charge is 2.37. The fourth-order valence-electron chi connectivity index (χ4n) is 3.11. The van der Waals surface area contributed by atoms with E-state index in [0.29, 0.717) is 22.8 Å². The van der Waals surface area contributed by atoms with Gasteiger partial charge in [-0.25, -0.2) is 14.1 Å². The zero-order valence-corrected chi connectivity index (χ0v) is 16.2. The molecule has 0 bridgehead atoms. The molecule has 0 aliphatic carbocycles. The monoisotopic (exact) mass is 416 g/mol. The van der Waals surface area contributed by atoms with E-state index in [-0.39, 0.29) is 11.3 Å². The van der Waals surface area contributed by atoms with Crippen LogP contribution in [0.25, 0.3) is 6.08 Å². The molecule has 1 aliphatic rings. The van der Waals surface area contributed by atoms with Gasteiger partial charge in [0.05, 0.1) is 5.69 Å². The summed E-state index contributed by atoms with van der Waals surface area (Å²) >= 11 is 0. The van der Waals surface area contributed by atoms with Crippen LogP contribution in [0, 0.1) is 5.82 Å². The van der Waals surface area contributed by atoms with Gasteiger partial charge < -0.3 is 4.74 Å². The fraction of sp³-hybridized carbons (Fsp3) is 0.0417. The summed E-state index contributed by atoms with van der Waals surface area (Å²) in [4.78, 5) is 38.0. The van der Waals surface area contributed by atoms with Crippen LogP contribution in [0.2, 0.25) is 0 Å². The number of carbonyl (C=O) groups is 3. The van der Waals surface area contributed by atoms with Crippen molar-refractivity contribution in [2.45, 2.75) is 6.61 Å². The minimum absolute atomic E-state index is 0.233. The molecule has 1 N–H and O–H groups in total. The lowest BCUT2D eigenvalue weighted by atomic mass is 10.1. The highest BCUT2D eigenvalue weighted by molar-refractivity contribution is 6.39. The maximum Gasteiger partial charge on any atom is 0.336 e. The Hall–Kier alpha value is -4.26. The van der Waals surface area contributed by atoms with Gasteiger partial charge in [0.2, 0.25) is 0 Å². The van der Waals surface area contributed by atoms with Crippen molar-refractivity contribution in [2.24, 2.45) is 0 Å². The van der Waals surface area contributed by atoms with Crippen molar-refractivity contribution in [1.29, 1.82) is 0 Å². The maximum atomic E-state index is 14.2. The molecule has 0 aromatic heterocycles. The van der Waals surface area contributed by atoms with Gasteiger partial charge in [0, 0.05) is 0 Å². The first-order chi connectivity index (χ1) is 15.0. The predicted octanol–water partition coefficient (Wildman–Crippen LogP) is 4.07. The van der Waals surface area contributed by atoms with E-state index in [1.165, 1.54) is 24.3 Å². The summed E-state index contributed by atoms with van der Waals surface area (Å²) in [5.74, 6) is -1.97. The van der Waals surface area contributed by atoms with Crippen LogP contribution in [0.1, 0.15) is 11.1 Å². The molecule has 4 amide bonds. The minimum atomic E-state index is -1.00. The molecule has 1 fully saturated rings. The van der Waals surface area contributed by atoms with Crippen molar-refractivity contribution >= 4 is 29.6 Å². The smallest absolute Gasteiger partial charge is 0.336 e. The van der Waals surface area contributed by atoms with Crippen molar-refractivity contribution in [3.63, 3.8) is 0 Å². The average molecular weight is 416 g/mol. The number of nitrogens with zero attached hydrogens (tertiary/aromatic N) is 1. The lowest BCUT2D eigenvalue weighted by Gasteiger charge is -2.26. The largest absolute Gasteiger partial charge is 0.489 e. The first-order valence-corrected chi connectivity index (χ1v) is 9.46. The molecule has 1 aliphatic heterocycles. The maximum absolute atomic E-state index is 14.2. The van der Waals surface area contributed by atoms with E-state index < -0.39 is 23.7 Å². The van der Waals surface area contributed by atoms with E-state index in [1.807, 2.05) is 30.3 Å². The Bertz CT molecular complexity index is 1190. The lowest BCUT2D eigenvalue weighted by molar-refractivity contribution is -0.122. The van der Waals surface area contributed by atoms with E-state index in [2.05, 4.69) is 5.32 Å². The molecule has 0 spiro atoms. The van der Waals surface area contributed by atoms with E-state index in [0.717, 1.165) is 11.6 Å². The average Bonchev–Trinajstić information content (AvgIpc) is 2.77.